The van der Waals surface area contributed by atoms with Crippen molar-refractivity contribution >= 4 is 17.6 Å². The first-order valence-corrected chi connectivity index (χ1v) is 9.36. The largest absolute Gasteiger partial charge is 0.347 e. The van der Waals surface area contributed by atoms with Gasteiger partial charge < -0.3 is 10.2 Å². The summed E-state index contributed by atoms with van der Waals surface area (Å²) in [6.45, 7) is 7.92. The number of nitrogens with one attached hydrogen (secondary N) is 1. The van der Waals surface area contributed by atoms with Crippen LogP contribution in [-0.4, -0.2) is 35.5 Å². The second-order valence-electron chi connectivity index (χ2n) is 7.95. The lowest BCUT2D eigenvalue weighted by Crippen LogP contribution is -2.49. The van der Waals surface area contributed by atoms with E-state index in [0.717, 1.165) is 24.2 Å². The summed E-state index contributed by atoms with van der Waals surface area (Å²) >= 11 is 0. The fourth-order valence-electron chi connectivity index (χ4n) is 3.18. The van der Waals surface area contributed by atoms with Crippen molar-refractivity contribution < 1.29 is 9.59 Å². The van der Waals surface area contributed by atoms with Crippen molar-refractivity contribution in [2.75, 3.05) is 18.0 Å². The number of hydrogen-bond acceptors (Lipinski definition) is 2. The van der Waals surface area contributed by atoms with Crippen LogP contribution in [-0.2, 0) is 6.54 Å². The number of hydrogen-bond donors (Lipinski definition) is 1. The Kier molecular flexibility index (Phi) is 5.49. The van der Waals surface area contributed by atoms with Crippen LogP contribution >= 0.6 is 0 Å². The zero-order chi connectivity index (χ0) is 19.4. The highest BCUT2D eigenvalue weighted by atomic mass is 16.2. The fourth-order valence-corrected chi connectivity index (χ4v) is 3.18. The topological polar surface area (TPSA) is 52.7 Å². The van der Waals surface area contributed by atoms with Crippen molar-refractivity contribution in [2.24, 2.45) is 0 Å². The molecule has 1 aliphatic rings. The minimum absolute atomic E-state index is 0.0111. The number of amides is 3. The van der Waals surface area contributed by atoms with Gasteiger partial charge in [0.1, 0.15) is 0 Å². The van der Waals surface area contributed by atoms with Gasteiger partial charge in [0, 0.05) is 36.4 Å². The van der Waals surface area contributed by atoms with Crippen molar-refractivity contribution in [1.29, 1.82) is 0 Å². The molecule has 0 spiro atoms. The maximum atomic E-state index is 12.9. The van der Waals surface area contributed by atoms with E-state index in [1.165, 1.54) is 0 Å². The maximum Gasteiger partial charge on any atom is 0.324 e. The highest BCUT2D eigenvalue weighted by molar-refractivity contribution is 5.96. The van der Waals surface area contributed by atoms with Crippen molar-refractivity contribution in [2.45, 2.75) is 39.3 Å². The molecule has 1 aliphatic heterocycles. The van der Waals surface area contributed by atoms with Gasteiger partial charge in [0.25, 0.3) is 5.91 Å². The zero-order valence-corrected chi connectivity index (χ0v) is 16.2. The van der Waals surface area contributed by atoms with Gasteiger partial charge in [-0.05, 0) is 57.0 Å². The molecule has 5 heteroatoms. The molecule has 0 saturated carbocycles. The van der Waals surface area contributed by atoms with E-state index < -0.39 is 0 Å². The number of rotatable bonds is 4. The highest BCUT2D eigenvalue weighted by Gasteiger charge is 2.27. The molecule has 3 amide bonds. The summed E-state index contributed by atoms with van der Waals surface area (Å²) in [5, 5.41) is 2.95. The normalized spacial score (nSPS) is 15.0. The number of anilines is 1. The van der Waals surface area contributed by atoms with E-state index >= 15 is 0 Å². The minimum atomic E-state index is -0.281. The van der Waals surface area contributed by atoms with Gasteiger partial charge in [0.15, 0.2) is 0 Å². The monoisotopic (exact) mass is 365 g/mol. The molecule has 1 heterocycles. The van der Waals surface area contributed by atoms with Crippen molar-refractivity contribution in [3.8, 4) is 0 Å². The molecule has 0 radical (unpaired) electrons. The molecule has 0 bridgehead atoms. The molecule has 0 atom stereocenters. The van der Waals surface area contributed by atoms with Gasteiger partial charge in [-0.2, -0.15) is 0 Å². The predicted molar refractivity (Wildman–Crippen MR) is 108 cm³/mol. The Morgan fingerprint density at radius 2 is 1.67 bits per heavy atom. The molecule has 0 aromatic heterocycles. The quantitative estimate of drug-likeness (QED) is 0.889. The number of urea groups is 1. The summed E-state index contributed by atoms with van der Waals surface area (Å²) in [5.74, 6) is -0.107. The zero-order valence-electron chi connectivity index (χ0n) is 16.2. The molecule has 3 rings (SSSR count). The minimum Gasteiger partial charge on any atom is -0.347 e. The van der Waals surface area contributed by atoms with E-state index in [1.807, 2.05) is 68.1 Å². The van der Waals surface area contributed by atoms with E-state index in [2.05, 4.69) is 5.32 Å². The maximum absolute atomic E-state index is 12.9. The molecular formula is C22H27N3O2. The molecule has 0 aliphatic carbocycles. The second kappa shape index (κ2) is 7.82. The van der Waals surface area contributed by atoms with Crippen LogP contribution in [0.15, 0.2) is 54.6 Å². The first kappa shape index (κ1) is 19.0. The summed E-state index contributed by atoms with van der Waals surface area (Å²) in [6.07, 6.45) is 0.921. The third-order valence-corrected chi connectivity index (χ3v) is 4.46. The molecule has 0 unspecified atom stereocenters. The second-order valence-corrected chi connectivity index (χ2v) is 7.95. The number of benzene rings is 2. The standard InChI is InChI=1S/C22H27N3O2/c1-22(2,3)23-20(26)18-10-12-19(13-11-18)25-15-7-14-24(21(25)27)16-17-8-5-4-6-9-17/h4-6,8-13H,7,14-16H2,1-3H3,(H,23,26). The molecule has 5 nitrogen and oxygen atoms in total. The van der Waals surface area contributed by atoms with Crippen molar-refractivity contribution in [3.05, 3.63) is 65.7 Å². The Balaban J connectivity index is 1.70. The molecule has 1 fully saturated rings. The van der Waals surface area contributed by atoms with Gasteiger partial charge in [-0.25, -0.2) is 4.79 Å². The summed E-state index contributed by atoms with van der Waals surface area (Å²) in [4.78, 5) is 28.8. The van der Waals surface area contributed by atoms with Gasteiger partial charge in [0.2, 0.25) is 0 Å². The molecule has 27 heavy (non-hydrogen) atoms. The molecule has 142 valence electrons. The van der Waals surface area contributed by atoms with Crippen LogP contribution < -0.4 is 10.2 Å². The fraction of sp³-hybridized carbons (Fsp3) is 0.364. The third kappa shape index (κ3) is 4.88. The lowest BCUT2D eigenvalue weighted by molar-refractivity contribution is 0.0919. The molecule has 2 aromatic rings. The van der Waals surface area contributed by atoms with E-state index in [1.54, 1.807) is 17.0 Å². The van der Waals surface area contributed by atoms with Crippen LogP contribution in [0.5, 0.6) is 0 Å². The summed E-state index contributed by atoms with van der Waals surface area (Å²) in [7, 11) is 0. The van der Waals surface area contributed by atoms with Crippen LogP contribution in [0.25, 0.3) is 0 Å². The van der Waals surface area contributed by atoms with Gasteiger partial charge in [-0.15, -0.1) is 0 Å². The van der Waals surface area contributed by atoms with Gasteiger partial charge in [0.05, 0.1) is 0 Å². The van der Waals surface area contributed by atoms with Crippen molar-refractivity contribution in [1.82, 2.24) is 10.2 Å². The summed E-state index contributed by atoms with van der Waals surface area (Å²) in [5.41, 5.74) is 2.27. The molecule has 2 aromatic carbocycles. The molecular weight excluding hydrogens is 338 g/mol. The number of nitrogens with zero attached hydrogens (tertiary/aromatic N) is 2. The first-order valence-electron chi connectivity index (χ1n) is 9.36. The predicted octanol–water partition coefficient (Wildman–Crippen LogP) is 4.05. The lowest BCUT2D eigenvalue weighted by Gasteiger charge is -2.35. The average Bonchev–Trinajstić information content (AvgIpc) is 2.63. The SMILES string of the molecule is CC(C)(C)NC(=O)c1ccc(N2CCCN(Cc3ccccc3)C2=O)cc1. The third-order valence-electron chi connectivity index (χ3n) is 4.46. The average molecular weight is 365 g/mol. The van der Waals surface area contributed by atoms with Gasteiger partial charge in [-0.3, -0.25) is 9.69 Å². The summed E-state index contributed by atoms with van der Waals surface area (Å²) < 4.78 is 0. The van der Waals surface area contributed by atoms with Gasteiger partial charge >= 0.3 is 6.03 Å². The Morgan fingerprint density at radius 1 is 1.00 bits per heavy atom. The van der Waals surface area contributed by atoms with E-state index in [0.29, 0.717) is 18.7 Å². The highest BCUT2D eigenvalue weighted by Crippen LogP contribution is 2.22. The van der Waals surface area contributed by atoms with Crippen LogP contribution in [0.3, 0.4) is 0 Å². The van der Waals surface area contributed by atoms with Crippen LogP contribution in [0, 0.1) is 0 Å². The van der Waals surface area contributed by atoms with E-state index in [9.17, 15) is 9.59 Å². The van der Waals surface area contributed by atoms with E-state index in [4.69, 9.17) is 0 Å². The van der Waals surface area contributed by atoms with Crippen LogP contribution in [0.2, 0.25) is 0 Å². The first-order chi connectivity index (χ1) is 12.8. The summed E-state index contributed by atoms with van der Waals surface area (Å²) in [6, 6.07) is 17.3. The van der Waals surface area contributed by atoms with Crippen LogP contribution in [0.1, 0.15) is 43.1 Å². The Hall–Kier alpha value is -2.82. The molecule has 1 N–H and O–H groups in total. The smallest absolute Gasteiger partial charge is 0.324 e. The Morgan fingerprint density at radius 3 is 2.30 bits per heavy atom. The number of carbonyl (C=O) groups is 2. The van der Waals surface area contributed by atoms with Crippen LogP contribution in [0.4, 0.5) is 10.5 Å². The number of carbonyl (C=O) groups excluding carboxylic acids is 2. The lowest BCUT2D eigenvalue weighted by atomic mass is 10.1. The Labute approximate surface area is 161 Å². The van der Waals surface area contributed by atoms with Crippen molar-refractivity contribution in [3.63, 3.8) is 0 Å². The van der Waals surface area contributed by atoms with E-state index in [-0.39, 0.29) is 17.5 Å². The van der Waals surface area contributed by atoms with Gasteiger partial charge in [-0.1, -0.05) is 30.3 Å². The Bertz CT molecular complexity index is 795. The molecule has 1 saturated heterocycles.